The minimum absolute atomic E-state index is 0.0498. The van der Waals surface area contributed by atoms with Crippen molar-refractivity contribution in [3.05, 3.63) is 139 Å². The number of hydrogen-bond acceptors (Lipinski definition) is 3. The molecule has 194 valence electrons. The monoisotopic (exact) mass is 525 g/mol. The van der Waals surface area contributed by atoms with Gasteiger partial charge in [0.1, 0.15) is 0 Å². The second-order valence-electron chi connectivity index (χ2n) is 11.3. The molecule has 0 N–H and O–H groups in total. The Morgan fingerprint density at radius 2 is 0.902 bits per heavy atom. The topological polar surface area (TPSA) is 38.7 Å². The molecule has 41 heavy (non-hydrogen) atoms. The van der Waals surface area contributed by atoms with Gasteiger partial charge in [-0.15, -0.1) is 0 Å². The van der Waals surface area contributed by atoms with Crippen LogP contribution in [0.2, 0.25) is 0 Å². The number of hydrogen-bond donors (Lipinski definition) is 0. The standard InChI is InChI=1S/C38H27N3/c1-38(2)33-20-8-7-17-29(33)32-23-26(21-22-34(32)38)35-39-36(30-18-9-13-24-11-3-5-15-27(24)30)41-37(40-35)31-19-10-14-25-12-4-6-16-28(25)31/h3-23H,1-2H3. The largest absolute Gasteiger partial charge is 0.208 e. The Kier molecular flexibility index (Phi) is 5.17. The van der Waals surface area contributed by atoms with Gasteiger partial charge in [0.15, 0.2) is 17.5 Å². The SMILES string of the molecule is CC1(C)c2ccccc2-c2cc(-c3nc(-c4cccc5ccccc45)nc(-c4cccc5ccccc45)n3)ccc21. The van der Waals surface area contributed by atoms with Crippen LogP contribution in [0.4, 0.5) is 0 Å². The van der Waals surface area contributed by atoms with E-state index < -0.39 is 0 Å². The Bertz CT molecular complexity index is 2030. The summed E-state index contributed by atoms with van der Waals surface area (Å²) in [5.74, 6) is 2.03. The third-order valence-electron chi connectivity index (χ3n) is 8.54. The molecule has 0 fully saturated rings. The minimum Gasteiger partial charge on any atom is -0.208 e. The Hall–Kier alpha value is -5.15. The summed E-state index contributed by atoms with van der Waals surface area (Å²) in [7, 11) is 0. The number of aromatic nitrogens is 3. The molecule has 1 aliphatic carbocycles. The van der Waals surface area contributed by atoms with Crippen molar-refractivity contribution < 1.29 is 0 Å². The summed E-state index contributed by atoms with van der Waals surface area (Å²) in [6.07, 6.45) is 0. The van der Waals surface area contributed by atoms with E-state index in [0.717, 1.165) is 38.2 Å². The van der Waals surface area contributed by atoms with Gasteiger partial charge >= 0.3 is 0 Å². The molecule has 8 rings (SSSR count). The van der Waals surface area contributed by atoms with Gasteiger partial charge in [0, 0.05) is 22.1 Å². The molecule has 0 saturated heterocycles. The molecule has 1 aliphatic rings. The zero-order chi connectivity index (χ0) is 27.6. The Labute approximate surface area is 239 Å². The highest BCUT2D eigenvalue weighted by molar-refractivity contribution is 5.97. The third-order valence-corrected chi connectivity index (χ3v) is 8.54. The van der Waals surface area contributed by atoms with Crippen molar-refractivity contribution in [3.8, 4) is 45.3 Å². The van der Waals surface area contributed by atoms with E-state index in [1.165, 1.54) is 22.3 Å². The van der Waals surface area contributed by atoms with Crippen LogP contribution in [0.25, 0.3) is 66.8 Å². The molecular formula is C38H27N3. The Morgan fingerprint density at radius 3 is 1.56 bits per heavy atom. The van der Waals surface area contributed by atoms with Crippen LogP contribution in [0.3, 0.4) is 0 Å². The van der Waals surface area contributed by atoms with Crippen LogP contribution in [0, 0.1) is 0 Å². The van der Waals surface area contributed by atoms with E-state index in [2.05, 4.69) is 141 Å². The lowest BCUT2D eigenvalue weighted by molar-refractivity contribution is 0.660. The van der Waals surface area contributed by atoms with E-state index in [1.807, 2.05) is 0 Å². The van der Waals surface area contributed by atoms with E-state index in [0.29, 0.717) is 17.5 Å². The van der Waals surface area contributed by atoms with Gasteiger partial charge in [-0.25, -0.2) is 15.0 Å². The number of benzene rings is 6. The van der Waals surface area contributed by atoms with Gasteiger partial charge < -0.3 is 0 Å². The lowest BCUT2D eigenvalue weighted by Gasteiger charge is -2.21. The molecule has 0 spiro atoms. The molecular weight excluding hydrogens is 498 g/mol. The van der Waals surface area contributed by atoms with Crippen molar-refractivity contribution in [2.24, 2.45) is 0 Å². The van der Waals surface area contributed by atoms with E-state index >= 15 is 0 Å². The highest BCUT2D eigenvalue weighted by Gasteiger charge is 2.35. The van der Waals surface area contributed by atoms with Gasteiger partial charge in [-0.05, 0) is 49.9 Å². The molecule has 7 aromatic rings. The van der Waals surface area contributed by atoms with Crippen LogP contribution >= 0.6 is 0 Å². The fourth-order valence-corrected chi connectivity index (χ4v) is 6.45. The maximum absolute atomic E-state index is 5.13. The first-order chi connectivity index (χ1) is 20.1. The van der Waals surface area contributed by atoms with Gasteiger partial charge in [0.05, 0.1) is 0 Å². The smallest absolute Gasteiger partial charge is 0.164 e. The van der Waals surface area contributed by atoms with Gasteiger partial charge in [-0.2, -0.15) is 0 Å². The average molecular weight is 526 g/mol. The predicted molar refractivity (Wildman–Crippen MR) is 169 cm³/mol. The van der Waals surface area contributed by atoms with Crippen LogP contribution in [-0.2, 0) is 5.41 Å². The first kappa shape index (κ1) is 23.7. The maximum atomic E-state index is 5.13. The van der Waals surface area contributed by atoms with Gasteiger partial charge in [-0.1, -0.05) is 135 Å². The van der Waals surface area contributed by atoms with Crippen molar-refractivity contribution in [3.63, 3.8) is 0 Å². The number of nitrogens with zero attached hydrogens (tertiary/aromatic N) is 3. The molecule has 3 heteroatoms. The van der Waals surface area contributed by atoms with E-state index in [4.69, 9.17) is 15.0 Å². The zero-order valence-corrected chi connectivity index (χ0v) is 23.0. The average Bonchev–Trinajstić information content (AvgIpc) is 3.26. The quantitative estimate of drug-likeness (QED) is 0.231. The molecule has 1 aromatic heterocycles. The van der Waals surface area contributed by atoms with Gasteiger partial charge in [0.2, 0.25) is 0 Å². The van der Waals surface area contributed by atoms with Crippen LogP contribution in [0.1, 0.15) is 25.0 Å². The normalized spacial score (nSPS) is 13.3. The van der Waals surface area contributed by atoms with Crippen molar-refractivity contribution in [1.82, 2.24) is 15.0 Å². The van der Waals surface area contributed by atoms with Crippen molar-refractivity contribution in [1.29, 1.82) is 0 Å². The summed E-state index contributed by atoms with van der Waals surface area (Å²) < 4.78 is 0. The highest BCUT2D eigenvalue weighted by atomic mass is 15.0. The lowest BCUT2D eigenvalue weighted by Crippen LogP contribution is -2.14. The van der Waals surface area contributed by atoms with E-state index in [1.54, 1.807) is 0 Å². The van der Waals surface area contributed by atoms with E-state index in [9.17, 15) is 0 Å². The summed E-state index contributed by atoms with van der Waals surface area (Å²) in [6.45, 7) is 4.61. The predicted octanol–water partition coefficient (Wildman–Crippen LogP) is 9.49. The lowest BCUT2D eigenvalue weighted by atomic mass is 9.82. The van der Waals surface area contributed by atoms with Crippen LogP contribution in [0.15, 0.2) is 127 Å². The summed E-state index contributed by atoms with van der Waals surface area (Å²) in [6, 6.07) is 44.8. The molecule has 0 amide bonds. The molecule has 0 saturated carbocycles. The van der Waals surface area contributed by atoms with Crippen LogP contribution < -0.4 is 0 Å². The molecule has 6 aromatic carbocycles. The summed E-state index contributed by atoms with van der Waals surface area (Å²) in [5, 5.41) is 4.58. The molecule has 3 nitrogen and oxygen atoms in total. The van der Waals surface area contributed by atoms with Crippen LogP contribution in [-0.4, -0.2) is 15.0 Å². The van der Waals surface area contributed by atoms with Crippen molar-refractivity contribution in [2.45, 2.75) is 19.3 Å². The highest BCUT2D eigenvalue weighted by Crippen LogP contribution is 2.49. The van der Waals surface area contributed by atoms with Crippen LogP contribution in [0.5, 0.6) is 0 Å². The fraction of sp³-hybridized carbons (Fsp3) is 0.0789. The second kappa shape index (κ2) is 8.94. The fourth-order valence-electron chi connectivity index (χ4n) is 6.45. The first-order valence-corrected chi connectivity index (χ1v) is 14.0. The summed E-state index contributed by atoms with van der Waals surface area (Å²) >= 11 is 0. The zero-order valence-electron chi connectivity index (χ0n) is 23.0. The summed E-state index contributed by atoms with van der Waals surface area (Å²) in [4.78, 5) is 15.4. The molecule has 0 radical (unpaired) electrons. The third kappa shape index (κ3) is 3.70. The molecule has 0 aliphatic heterocycles. The Balaban J connectivity index is 1.39. The molecule has 0 unspecified atom stereocenters. The molecule has 0 bridgehead atoms. The van der Waals surface area contributed by atoms with Crippen molar-refractivity contribution >= 4 is 21.5 Å². The van der Waals surface area contributed by atoms with Crippen molar-refractivity contribution in [2.75, 3.05) is 0 Å². The van der Waals surface area contributed by atoms with Gasteiger partial charge in [-0.3, -0.25) is 0 Å². The number of fused-ring (bicyclic) bond motifs is 5. The molecule has 0 atom stereocenters. The maximum Gasteiger partial charge on any atom is 0.164 e. The second-order valence-corrected chi connectivity index (χ2v) is 11.3. The minimum atomic E-state index is -0.0498. The van der Waals surface area contributed by atoms with Gasteiger partial charge in [0.25, 0.3) is 0 Å². The Morgan fingerprint density at radius 1 is 0.415 bits per heavy atom. The summed E-state index contributed by atoms with van der Waals surface area (Å²) in [5.41, 5.74) is 8.17. The van der Waals surface area contributed by atoms with E-state index in [-0.39, 0.29) is 5.41 Å². The number of rotatable bonds is 3. The molecule has 1 heterocycles. The first-order valence-electron chi connectivity index (χ1n) is 14.0.